The number of nitrogens with one attached hydrogen (secondary N) is 1. The highest BCUT2D eigenvalue weighted by Crippen LogP contribution is 2.49. The Morgan fingerprint density at radius 3 is 2.57 bits per heavy atom. The number of methoxy groups -OCH3 is 1. The first-order chi connectivity index (χ1) is 22.1. The summed E-state index contributed by atoms with van der Waals surface area (Å²) >= 11 is 6.49. The van der Waals surface area contributed by atoms with E-state index in [-0.39, 0.29) is 36.0 Å². The van der Waals surface area contributed by atoms with Crippen LogP contribution in [0.3, 0.4) is 0 Å². The SMILES string of the molecule is C=CCCCC1CC1(C)OC(=O)NC(C(=O)N1CC(Oc2nc3cc(OC)ccc3nc2Cl)C(C)C1C(=O)OCC(C)C)C(C)(C)C. The molecule has 1 aliphatic heterocycles. The number of carbonyl (C=O) groups excluding carboxylic acids is 3. The first kappa shape index (κ1) is 36.2. The van der Waals surface area contributed by atoms with Crippen molar-refractivity contribution in [2.75, 3.05) is 20.3 Å². The second-order valence-electron chi connectivity index (χ2n) is 14.4. The van der Waals surface area contributed by atoms with Gasteiger partial charge in [-0.15, -0.1) is 6.58 Å². The Balaban J connectivity index is 1.57. The highest BCUT2D eigenvalue weighted by atomic mass is 35.5. The molecule has 1 aromatic heterocycles. The van der Waals surface area contributed by atoms with Crippen LogP contribution in [0.5, 0.6) is 11.6 Å². The number of nitrogens with zero attached hydrogens (tertiary/aromatic N) is 3. The van der Waals surface area contributed by atoms with Crippen molar-refractivity contribution < 1.29 is 33.3 Å². The van der Waals surface area contributed by atoms with Crippen molar-refractivity contribution in [3.63, 3.8) is 0 Å². The Hall–Kier alpha value is -3.60. The molecule has 1 N–H and O–H groups in total. The Kier molecular flexibility index (Phi) is 11.3. The monoisotopic (exact) mass is 672 g/mol. The number of rotatable bonds is 13. The minimum absolute atomic E-state index is 0.0298. The van der Waals surface area contributed by atoms with Gasteiger partial charge in [-0.1, -0.05) is 59.2 Å². The third-order valence-corrected chi connectivity index (χ3v) is 9.21. The van der Waals surface area contributed by atoms with Crippen molar-refractivity contribution in [1.29, 1.82) is 0 Å². The molecule has 6 unspecified atom stereocenters. The number of benzene rings is 1. The molecule has 47 heavy (non-hydrogen) atoms. The predicted octanol–water partition coefficient (Wildman–Crippen LogP) is 6.36. The molecule has 1 saturated heterocycles. The van der Waals surface area contributed by atoms with Gasteiger partial charge in [0.25, 0.3) is 5.88 Å². The molecule has 0 radical (unpaired) electrons. The summed E-state index contributed by atoms with van der Waals surface area (Å²) in [6, 6.07) is 3.24. The second-order valence-corrected chi connectivity index (χ2v) is 14.8. The van der Waals surface area contributed by atoms with Gasteiger partial charge in [0.05, 0.1) is 31.3 Å². The van der Waals surface area contributed by atoms with Gasteiger partial charge >= 0.3 is 12.1 Å². The van der Waals surface area contributed by atoms with Gasteiger partial charge in [0.15, 0.2) is 5.15 Å². The van der Waals surface area contributed by atoms with E-state index in [1.54, 1.807) is 25.3 Å². The first-order valence-electron chi connectivity index (χ1n) is 16.3. The molecule has 2 fully saturated rings. The molecule has 1 aliphatic carbocycles. The van der Waals surface area contributed by atoms with Gasteiger partial charge in [-0.3, -0.25) is 4.79 Å². The van der Waals surface area contributed by atoms with Crippen LogP contribution in [0.1, 0.15) is 74.1 Å². The Morgan fingerprint density at radius 1 is 1.21 bits per heavy atom. The summed E-state index contributed by atoms with van der Waals surface area (Å²) in [5.41, 5.74) is -0.225. The summed E-state index contributed by atoms with van der Waals surface area (Å²) in [5, 5.41) is 2.88. The quantitative estimate of drug-likeness (QED) is 0.147. The molecule has 0 bridgehead atoms. The molecule has 1 aromatic carbocycles. The second kappa shape index (κ2) is 14.7. The van der Waals surface area contributed by atoms with Gasteiger partial charge in [-0.2, -0.15) is 0 Å². The van der Waals surface area contributed by atoms with Crippen LogP contribution in [0, 0.1) is 23.2 Å². The third kappa shape index (κ3) is 8.66. The van der Waals surface area contributed by atoms with E-state index >= 15 is 0 Å². The average molecular weight is 673 g/mol. The average Bonchev–Trinajstić information content (AvgIpc) is 3.51. The molecule has 6 atom stereocenters. The topological polar surface area (TPSA) is 129 Å². The van der Waals surface area contributed by atoms with Crippen LogP contribution < -0.4 is 14.8 Å². The fourth-order valence-electron chi connectivity index (χ4n) is 6.00. The number of allylic oxidation sites excluding steroid dienone is 1. The molecular formula is C35H49ClN4O7. The molecule has 2 aromatic rings. The van der Waals surface area contributed by atoms with Crippen molar-refractivity contribution in [1.82, 2.24) is 20.2 Å². The zero-order chi connectivity index (χ0) is 34.7. The Labute approximate surface area is 282 Å². The summed E-state index contributed by atoms with van der Waals surface area (Å²) in [6.45, 7) is 17.2. The number of halogens is 1. The minimum atomic E-state index is -1.00. The summed E-state index contributed by atoms with van der Waals surface area (Å²) in [5.74, 6) is -0.470. The number of amides is 2. The van der Waals surface area contributed by atoms with Crippen LogP contribution >= 0.6 is 11.6 Å². The van der Waals surface area contributed by atoms with E-state index in [2.05, 4.69) is 21.9 Å². The lowest BCUT2D eigenvalue weighted by molar-refractivity contribution is -0.156. The van der Waals surface area contributed by atoms with Crippen LogP contribution in [0.25, 0.3) is 11.0 Å². The number of hydrogen-bond donors (Lipinski definition) is 1. The fourth-order valence-corrected chi connectivity index (χ4v) is 6.17. The Bertz CT molecular complexity index is 1480. The lowest BCUT2D eigenvalue weighted by atomic mass is 9.85. The zero-order valence-electron chi connectivity index (χ0n) is 28.8. The maximum atomic E-state index is 14.4. The maximum Gasteiger partial charge on any atom is 0.408 e. The molecule has 258 valence electrons. The normalized spacial score (nSPS) is 24.5. The summed E-state index contributed by atoms with van der Waals surface area (Å²) < 4.78 is 23.1. The van der Waals surface area contributed by atoms with Gasteiger partial charge in [0, 0.05) is 17.9 Å². The summed E-state index contributed by atoms with van der Waals surface area (Å²) in [7, 11) is 1.56. The van der Waals surface area contributed by atoms with Gasteiger partial charge < -0.3 is 29.2 Å². The maximum absolute atomic E-state index is 14.4. The van der Waals surface area contributed by atoms with E-state index in [1.807, 2.05) is 54.5 Å². The molecular weight excluding hydrogens is 624 g/mol. The largest absolute Gasteiger partial charge is 0.497 e. The molecule has 11 nitrogen and oxygen atoms in total. The van der Waals surface area contributed by atoms with Gasteiger partial charge in [0.1, 0.15) is 29.5 Å². The number of likely N-dealkylation sites (tertiary alicyclic amines) is 1. The van der Waals surface area contributed by atoms with Gasteiger partial charge in [-0.05, 0) is 56.1 Å². The van der Waals surface area contributed by atoms with Crippen molar-refractivity contribution in [2.24, 2.45) is 23.2 Å². The number of hydrogen-bond acceptors (Lipinski definition) is 9. The number of carbonyl (C=O) groups is 3. The Morgan fingerprint density at radius 2 is 1.94 bits per heavy atom. The van der Waals surface area contributed by atoms with E-state index in [4.69, 9.17) is 30.5 Å². The molecule has 0 spiro atoms. The van der Waals surface area contributed by atoms with Crippen molar-refractivity contribution in [2.45, 2.75) is 97.9 Å². The van der Waals surface area contributed by atoms with Crippen LogP contribution in [0.15, 0.2) is 30.9 Å². The van der Waals surface area contributed by atoms with Crippen molar-refractivity contribution >= 4 is 40.6 Å². The molecule has 4 rings (SSSR count). The highest BCUT2D eigenvalue weighted by Gasteiger charge is 2.54. The standard InChI is InChI=1S/C35H49ClN4O7/c1-10-11-12-13-22-17-35(22,8)47-33(43)39-28(34(5,6)7)31(41)40-18-26(21(4)27(40)32(42)45-19-20(2)3)46-30-29(36)37-24-15-14-23(44-9)16-25(24)38-30/h10,14-16,20-22,26-28H,1,11-13,17-19H2,2-9H3,(H,39,43). The molecule has 1 saturated carbocycles. The predicted molar refractivity (Wildman–Crippen MR) is 179 cm³/mol. The van der Waals surface area contributed by atoms with Gasteiger partial charge in [-0.25, -0.2) is 19.6 Å². The lowest BCUT2D eigenvalue weighted by Crippen LogP contribution is -2.57. The molecule has 2 heterocycles. The number of fused-ring (bicyclic) bond motifs is 1. The van der Waals surface area contributed by atoms with E-state index in [0.29, 0.717) is 16.8 Å². The fraction of sp³-hybridized carbons (Fsp3) is 0.629. The summed E-state index contributed by atoms with van der Waals surface area (Å²) in [4.78, 5) is 51.6. The number of unbranched alkanes of at least 4 members (excludes halogenated alkanes) is 1. The zero-order valence-corrected chi connectivity index (χ0v) is 29.6. The van der Waals surface area contributed by atoms with Crippen LogP contribution in [0.4, 0.5) is 4.79 Å². The van der Waals surface area contributed by atoms with Crippen molar-refractivity contribution in [3.05, 3.63) is 36.0 Å². The third-order valence-electron chi connectivity index (χ3n) is 8.96. The molecule has 2 aliphatic rings. The summed E-state index contributed by atoms with van der Waals surface area (Å²) in [6.07, 6.45) is 4.13. The number of ether oxygens (including phenoxy) is 4. The van der Waals surface area contributed by atoms with Gasteiger partial charge in [0.2, 0.25) is 5.91 Å². The molecule has 2 amide bonds. The van der Waals surface area contributed by atoms with E-state index in [0.717, 1.165) is 25.7 Å². The van der Waals surface area contributed by atoms with E-state index in [9.17, 15) is 14.4 Å². The van der Waals surface area contributed by atoms with Crippen LogP contribution in [0.2, 0.25) is 5.15 Å². The smallest absolute Gasteiger partial charge is 0.408 e. The first-order valence-corrected chi connectivity index (χ1v) is 16.7. The highest BCUT2D eigenvalue weighted by molar-refractivity contribution is 6.31. The van der Waals surface area contributed by atoms with Crippen molar-refractivity contribution in [3.8, 4) is 11.6 Å². The van der Waals surface area contributed by atoms with Crippen LogP contribution in [-0.4, -0.2) is 76.9 Å². The van der Waals surface area contributed by atoms with E-state index in [1.165, 1.54) is 4.90 Å². The number of esters is 1. The van der Waals surface area contributed by atoms with Crippen LogP contribution in [-0.2, 0) is 19.1 Å². The number of alkyl carbamates (subject to hydrolysis) is 1. The van der Waals surface area contributed by atoms with E-state index < -0.39 is 53.1 Å². The number of aromatic nitrogens is 2. The minimum Gasteiger partial charge on any atom is -0.497 e. The lowest BCUT2D eigenvalue weighted by Gasteiger charge is -2.35. The molecule has 12 heteroatoms.